The van der Waals surface area contributed by atoms with Crippen molar-refractivity contribution in [3.8, 4) is 0 Å². The van der Waals surface area contributed by atoms with Gasteiger partial charge in [0.2, 0.25) is 0 Å². The molecule has 1 atom stereocenters. The van der Waals surface area contributed by atoms with Gasteiger partial charge in [-0.05, 0) is 57.0 Å². The summed E-state index contributed by atoms with van der Waals surface area (Å²) in [6, 6.07) is 0. The van der Waals surface area contributed by atoms with Crippen LogP contribution in [0.4, 0.5) is 0 Å². The highest BCUT2D eigenvalue weighted by Crippen LogP contribution is 2.06. The molecule has 0 fully saturated rings. The van der Waals surface area contributed by atoms with E-state index < -0.39 is 0 Å². The highest BCUT2D eigenvalue weighted by molar-refractivity contribution is 4.56. The van der Waals surface area contributed by atoms with Gasteiger partial charge in [0.05, 0.1) is 0 Å². The van der Waals surface area contributed by atoms with Crippen molar-refractivity contribution in [1.82, 2.24) is 5.32 Å². The summed E-state index contributed by atoms with van der Waals surface area (Å²) in [5, 5.41) is 3.47. The largest absolute Gasteiger partial charge is 0.381 e. The summed E-state index contributed by atoms with van der Waals surface area (Å²) in [5.41, 5.74) is 0. The minimum absolute atomic E-state index is 0.779. The average molecular weight is 243 g/mol. The molecule has 0 radical (unpaired) electrons. The molecule has 0 amide bonds. The predicted molar refractivity (Wildman–Crippen MR) is 76.4 cm³/mol. The van der Waals surface area contributed by atoms with Crippen molar-refractivity contribution in [2.24, 2.45) is 11.8 Å². The van der Waals surface area contributed by atoms with Crippen LogP contribution in [0.5, 0.6) is 0 Å². The molecule has 1 unspecified atom stereocenters. The molecule has 0 rings (SSSR count). The SMILES string of the molecule is CCCNCC(C)CCCOCCCC(C)C. The van der Waals surface area contributed by atoms with Crippen molar-refractivity contribution in [3.63, 3.8) is 0 Å². The van der Waals surface area contributed by atoms with E-state index in [-0.39, 0.29) is 0 Å². The number of hydrogen-bond donors (Lipinski definition) is 1. The third-order valence-corrected chi connectivity index (χ3v) is 2.98. The van der Waals surface area contributed by atoms with E-state index in [1.165, 1.54) is 32.1 Å². The van der Waals surface area contributed by atoms with Crippen LogP contribution in [0.2, 0.25) is 0 Å². The smallest absolute Gasteiger partial charge is 0.0466 e. The Hall–Kier alpha value is -0.0800. The zero-order valence-electron chi connectivity index (χ0n) is 12.4. The fourth-order valence-electron chi connectivity index (χ4n) is 1.86. The molecule has 0 spiro atoms. The van der Waals surface area contributed by atoms with E-state index in [0.29, 0.717) is 0 Å². The van der Waals surface area contributed by atoms with Crippen LogP contribution >= 0.6 is 0 Å². The molecule has 0 aromatic heterocycles. The normalized spacial score (nSPS) is 13.2. The molecule has 2 heteroatoms. The maximum atomic E-state index is 5.64. The second-order valence-electron chi connectivity index (χ2n) is 5.60. The standard InChI is InChI=1S/C15H33NO/c1-5-10-16-13-15(4)9-7-12-17-11-6-8-14(2)3/h14-16H,5-13H2,1-4H3. The Morgan fingerprint density at radius 2 is 1.65 bits per heavy atom. The molecular formula is C15H33NO. The van der Waals surface area contributed by atoms with Gasteiger partial charge in [-0.15, -0.1) is 0 Å². The summed E-state index contributed by atoms with van der Waals surface area (Å²) in [6.45, 7) is 13.3. The van der Waals surface area contributed by atoms with Crippen molar-refractivity contribution < 1.29 is 4.74 Å². The van der Waals surface area contributed by atoms with Gasteiger partial charge in [-0.2, -0.15) is 0 Å². The van der Waals surface area contributed by atoms with Crippen molar-refractivity contribution in [1.29, 1.82) is 0 Å². The van der Waals surface area contributed by atoms with Crippen molar-refractivity contribution >= 4 is 0 Å². The fourth-order valence-corrected chi connectivity index (χ4v) is 1.86. The third-order valence-electron chi connectivity index (χ3n) is 2.98. The van der Waals surface area contributed by atoms with Gasteiger partial charge in [-0.25, -0.2) is 0 Å². The third kappa shape index (κ3) is 13.9. The Kier molecular flexibility index (Phi) is 12.3. The molecule has 0 aromatic rings. The zero-order chi connectivity index (χ0) is 12.9. The van der Waals surface area contributed by atoms with Gasteiger partial charge < -0.3 is 10.1 Å². The van der Waals surface area contributed by atoms with Crippen LogP contribution in [0.25, 0.3) is 0 Å². The van der Waals surface area contributed by atoms with Gasteiger partial charge >= 0.3 is 0 Å². The van der Waals surface area contributed by atoms with Crippen molar-refractivity contribution in [2.45, 2.75) is 59.8 Å². The van der Waals surface area contributed by atoms with Gasteiger partial charge in [0.15, 0.2) is 0 Å². The summed E-state index contributed by atoms with van der Waals surface area (Å²) in [5.74, 6) is 1.59. The summed E-state index contributed by atoms with van der Waals surface area (Å²) in [6.07, 6.45) is 6.21. The van der Waals surface area contributed by atoms with Crippen LogP contribution in [-0.2, 0) is 4.74 Å². The number of rotatable bonds is 12. The van der Waals surface area contributed by atoms with Gasteiger partial charge in [0, 0.05) is 13.2 Å². The first-order valence-corrected chi connectivity index (χ1v) is 7.45. The molecule has 0 bridgehead atoms. The van der Waals surface area contributed by atoms with Gasteiger partial charge in [0.1, 0.15) is 0 Å². The molecule has 1 N–H and O–H groups in total. The van der Waals surface area contributed by atoms with Crippen LogP contribution in [0, 0.1) is 11.8 Å². The topological polar surface area (TPSA) is 21.3 Å². The summed E-state index contributed by atoms with van der Waals surface area (Å²) >= 11 is 0. The van der Waals surface area contributed by atoms with E-state index in [1.54, 1.807) is 0 Å². The minimum Gasteiger partial charge on any atom is -0.381 e. The molecule has 0 saturated carbocycles. The van der Waals surface area contributed by atoms with Crippen LogP contribution in [-0.4, -0.2) is 26.3 Å². The maximum Gasteiger partial charge on any atom is 0.0466 e. The van der Waals surface area contributed by atoms with E-state index >= 15 is 0 Å². The second-order valence-corrected chi connectivity index (χ2v) is 5.60. The number of nitrogens with one attached hydrogen (secondary N) is 1. The van der Waals surface area contributed by atoms with E-state index in [4.69, 9.17) is 4.74 Å². The van der Waals surface area contributed by atoms with Crippen LogP contribution in [0.15, 0.2) is 0 Å². The van der Waals surface area contributed by atoms with E-state index in [1.807, 2.05) is 0 Å². The monoisotopic (exact) mass is 243 g/mol. The summed E-state index contributed by atoms with van der Waals surface area (Å²) < 4.78 is 5.64. The Bertz CT molecular complexity index is 148. The van der Waals surface area contributed by atoms with Gasteiger partial charge in [0.25, 0.3) is 0 Å². The molecule has 0 aliphatic rings. The zero-order valence-corrected chi connectivity index (χ0v) is 12.4. The van der Waals surface area contributed by atoms with Crippen LogP contribution in [0.1, 0.15) is 59.8 Å². The van der Waals surface area contributed by atoms with Crippen molar-refractivity contribution in [2.75, 3.05) is 26.3 Å². The van der Waals surface area contributed by atoms with E-state index in [9.17, 15) is 0 Å². The first-order valence-electron chi connectivity index (χ1n) is 7.45. The maximum absolute atomic E-state index is 5.64. The highest BCUT2D eigenvalue weighted by Gasteiger charge is 2.01. The molecule has 2 nitrogen and oxygen atoms in total. The first kappa shape index (κ1) is 16.9. The lowest BCUT2D eigenvalue weighted by Gasteiger charge is -2.12. The number of hydrogen-bond acceptors (Lipinski definition) is 2. The highest BCUT2D eigenvalue weighted by atomic mass is 16.5. The number of ether oxygens (including phenoxy) is 1. The molecule has 104 valence electrons. The first-order chi connectivity index (χ1) is 8.16. The molecule has 0 aliphatic carbocycles. The molecular weight excluding hydrogens is 210 g/mol. The van der Waals surface area contributed by atoms with E-state index in [2.05, 4.69) is 33.0 Å². The van der Waals surface area contributed by atoms with Crippen LogP contribution in [0.3, 0.4) is 0 Å². The molecule has 0 heterocycles. The van der Waals surface area contributed by atoms with E-state index in [0.717, 1.165) is 38.1 Å². The lowest BCUT2D eigenvalue weighted by Crippen LogP contribution is -2.22. The lowest BCUT2D eigenvalue weighted by molar-refractivity contribution is 0.121. The van der Waals surface area contributed by atoms with Crippen molar-refractivity contribution in [3.05, 3.63) is 0 Å². The molecule has 0 aliphatic heterocycles. The Balaban J connectivity index is 3.11. The quantitative estimate of drug-likeness (QED) is 0.526. The Morgan fingerprint density at radius 1 is 1.00 bits per heavy atom. The van der Waals surface area contributed by atoms with Gasteiger partial charge in [-0.3, -0.25) is 0 Å². The Morgan fingerprint density at radius 3 is 2.24 bits per heavy atom. The second kappa shape index (κ2) is 12.4. The average Bonchev–Trinajstić information content (AvgIpc) is 2.28. The molecule has 0 aromatic carbocycles. The lowest BCUT2D eigenvalue weighted by atomic mass is 10.1. The van der Waals surface area contributed by atoms with Gasteiger partial charge in [-0.1, -0.05) is 27.7 Å². The summed E-state index contributed by atoms with van der Waals surface area (Å²) in [7, 11) is 0. The fraction of sp³-hybridized carbons (Fsp3) is 1.00. The van der Waals surface area contributed by atoms with Crippen LogP contribution < -0.4 is 5.32 Å². The predicted octanol–water partition coefficient (Wildman–Crippen LogP) is 3.86. The molecule has 17 heavy (non-hydrogen) atoms. The summed E-state index contributed by atoms with van der Waals surface area (Å²) in [4.78, 5) is 0. The molecule has 0 saturated heterocycles. The Labute approximate surface area is 109 Å². The minimum atomic E-state index is 0.779.